The number of rotatable bonds is 4. The van der Waals surface area contributed by atoms with Crippen molar-refractivity contribution in [2.75, 3.05) is 18.6 Å². The molecule has 0 saturated carbocycles. The van der Waals surface area contributed by atoms with Gasteiger partial charge in [0.15, 0.2) is 0 Å². The molecule has 25 heavy (non-hydrogen) atoms. The zero-order chi connectivity index (χ0) is 17.8. The summed E-state index contributed by atoms with van der Waals surface area (Å²) in [6, 6.07) is 7.39. The zero-order valence-corrected chi connectivity index (χ0v) is 14.6. The van der Waals surface area contributed by atoms with Gasteiger partial charge in [-0.2, -0.15) is 0 Å². The Bertz CT molecular complexity index is 742. The second-order valence-electron chi connectivity index (χ2n) is 7.19. The number of nitrogens with zero attached hydrogens (tertiary/aromatic N) is 1. The first-order valence-corrected chi connectivity index (χ1v) is 8.58. The average Bonchev–Trinajstić information content (AvgIpc) is 3.22. The number of nitrogens with one attached hydrogen (secondary N) is 1. The van der Waals surface area contributed by atoms with Crippen molar-refractivity contribution < 1.29 is 19.1 Å². The number of fused-ring (bicyclic) bond motifs is 1. The highest BCUT2D eigenvalue weighted by Gasteiger charge is 2.67. The Kier molecular flexibility index (Phi) is 3.61. The minimum absolute atomic E-state index is 0.0285. The predicted octanol–water partition coefficient (Wildman–Crippen LogP) is 1.51. The minimum Gasteiger partial charge on any atom is -0.497 e. The Morgan fingerprint density at radius 1 is 1.36 bits per heavy atom. The maximum Gasteiger partial charge on any atom is 0.234 e. The highest BCUT2D eigenvalue weighted by Crippen LogP contribution is 2.52. The number of methoxy groups -OCH3 is 1. The van der Waals surface area contributed by atoms with Crippen LogP contribution in [0.4, 0.5) is 5.69 Å². The molecule has 2 saturated heterocycles. The van der Waals surface area contributed by atoms with Crippen LogP contribution in [0.15, 0.2) is 36.4 Å². The molecule has 4 rings (SSSR count). The third-order valence-corrected chi connectivity index (χ3v) is 5.22. The zero-order valence-electron chi connectivity index (χ0n) is 14.6. The van der Waals surface area contributed by atoms with Gasteiger partial charge in [0, 0.05) is 11.7 Å². The Hall–Kier alpha value is -2.34. The molecule has 2 amide bonds. The normalized spacial score (nSPS) is 32.4. The van der Waals surface area contributed by atoms with Gasteiger partial charge in [0.1, 0.15) is 11.4 Å². The summed E-state index contributed by atoms with van der Waals surface area (Å²) in [5.74, 6) is -0.367. The van der Waals surface area contributed by atoms with Gasteiger partial charge in [-0.05, 0) is 38.1 Å². The van der Waals surface area contributed by atoms with E-state index >= 15 is 0 Å². The first-order chi connectivity index (χ1) is 11.9. The van der Waals surface area contributed by atoms with Crippen LogP contribution in [-0.4, -0.2) is 43.2 Å². The van der Waals surface area contributed by atoms with Crippen molar-refractivity contribution in [1.82, 2.24) is 5.32 Å². The topological polar surface area (TPSA) is 67.9 Å². The molecule has 3 aliphatic heterocycles. The van der Waals surface area contributed by atoms with Crippen molar-refractivity contribution in [2.45, 2.75) is 31.6 Å². The lowest BCUT2D eigenvalue weighted by molar-refractivity contribution is -0.132. The number of amides is 2. The second-order valence-corrected chi connectivity index (χ2v) is 7.19. The summed E-state index contributed by atoms with van der Waals surface area (Å²) in [4.78, 5) is 27.5. The molecular weight excluding hydrogens is 320 g/mol. The summed E-state index contributed by atoms with van der Waals surface area (Å²) in [5, 5.41) is 2.93. The molecule has 3 unspecified atom stereocenters. The summed E-state index contributed by atoms with van der Waals surface area (Å²) >= 11 is 0. The Morgan fingerprint density at radius 3 is 2.72 bits per heavy atom. The minimum atomic E-state index is -0.694. The second kappa shape index (κ2) is 5.59. The highest BCUT2D eigenvalue weighted by molar-refractivity contribution is 6.03. The van der Waals surface area contributed by atoms with E-state index in [4.69, 9.17) is 9.47 Å². The SMILES string of the molecule is COc1ccc(N2CC34C=C[C@@H](O3)C(C(=O)NC(C)C)C4C2=O)cc1. The number of benzene rings is 1. The van der Waals surface area contributed by atoms with Gasteiger partial charge >= 0.3 is 0 Å². The number of carbonyl (C=O) groups excluding carboxylic acids is 2. The van der Waals surface area contributed by atoms with Crippen molar-refractivity contribution in [3.63, 3.8) is 0 Å². The van der Waals surface area contributed by atoms with Gasteiger partial charge in [-0.25, -0.2) is 0 Å². The van der Waals surface area contributed by atoms with Gasteiger partial charge in [0.25, 0.3) is 0 Å². The van der Waals surface area contributed by atoms with Gasteiger partial charge < -0.3 is 19.7 Å². The van der Waals surface area contributed by atoms with Crippen LogP contribution in [0, 0.1) is 11.8 Å². The monoisotopic (exact) mass is 342 g/mol. The van der Waals surface area contributed by atoms with E-state index in [2.05, 4.69) is 5.32 Å². The Morgan fingerprint density at radius 2 is 2.08 bits per heavy atom. The van der Waals surface area contributed by atoms with Crippen LogP contribution < -0.4 is 15.0 Å². The first-order valence-electron chi connectivity index (χ1n) is 8.58. The molecule has 1 aromatic carbocycles. The van der Waals surface area contributed by atoms with E-state index < -0.39 is 17.4 Å². The van der Waals surface area contributed by atoms with Crippen LogP contribution in [0.25, 0.3) is 0 Å². The van der Waals surface area contributed by atoms with Gasteiger partial charge in [0.2, 0.25) is 11.8 Å². The van der Waals surface area contributed by atoms with E-state index in [0.29, 0.717) is 6.54 Å². The lowest BCUT2D eigenvalue weighted by Crippen LogP contribution is -2.45. The Balaban J connectivity index is 1.64. The summed E-state index contributed by atoms with van der Waals surface area (Å²) in [5.41, 5.74) is 0.0961. The summed E-state index contributed by atoms with van der Waals surface area (Å²) < 4.78 is 11.3. The molecule has 132 valence electrons. The predicted molar refractivity (Wildman–Crippen MR) is 92.3 cm³/mol. The molecule has 0 aromatic heterocycles. The molecule has 6 nitrogen and oxygen atoms in total. The number of anilines is 1. The molecule has 2 bridgehead atoms. The third kappa shape index (κ3) is 2.35. The fourth-order valence-corrected chi connectivity index (χ4v) is 4.16. The van der Waals surface area contributed by atoms with E-state index in [1.807, 2.05) is 50.3 Å². The van der Waals surface area contributed by atoms with Gasteiger partial charge in [-0.15, -0.1) is 0 Å². The van der Waals surface area contributed by atoms with E-state index in [1.54, 1.807) is 12.0 Å². The smallest absolute Gasteiger partial charge is 0.234 e. The van der Waals surface area contributed by atoms with Crippen LogP contribution in [0.2, 0.25) is 0 Å². The van der Waals surface area contributed by atoms with E-state index in [9.17, 15) is 9.59 Å². The molecule has 1 aromatic rings. The van der Waals surface area contributed by atoms with E-state index in [-0.39, 0.29) is 24.0 Å². The molecule has 2 fully saturated rings. The first kappa shape index (κ1) is 16.1. The van der Waals surface area contributed by atoms with E-state index in [1.165, 1.54) is 0 Å². The number of hydrogen-bond acceptors (Lipinski definition) is 4. The van der Waals surface area contributed by atoms with Crippen molar-refractivity contribution in [2.24, 2.45) is 11.8 Å². The van der Waals surface area contributed by atoms with Crippen LogP contribution in [0.1, 0.15) is 13.8 Å². The molecular formula is C19H22N2O4. The number of hydrogen-bond donors (Lipinski definition) is 1. The van der Waals surface area contributed by atoms with Crippen LogP contribution in [0.5, 0.6) is 5.75 Å². The summed E-state index contributed by atoms with van der Waals surface area (Å²) in [6.45, 7) is 4.26. The fraction of sp³-hybridized carbons (Fsp3) is 0.474. The molecule has 4 atom stereocenters. The molecule has 3 aliphatic rings. The van der Waals surface area contributed by atoms with Gasteiger partial charge in [-0.1, -0.05) is 12.2 Å². The molecule has 0 radical (unpaired) electrons. The van der Waals surface area contributed by atoms with Crippen LogP contribution in [0.3, 0.4) is 0 Å². The molecule has 6 heteroatoms. The van der Waals surface area contributed by atoms with Crippen molar-refractivity contribution in [1.29, 1.82) is 0 Å². The number of ether oxygens (including phenoxy) is 2. The fourth-order valence-electron chi connectivity index (χ4n) is 4.16. The van der Waals surface area contributed by atoms with Crippen LogP contribution >= 0.6 is 0 Å². The standard InChI is InChI=1S/C19H22N2O4/c1-11(2)20-17(22)15-14-8-9-19(25-14)10-21(18(23)16(15)19)12-4-6-13(24-3)7-5-12/h4-9,11,14-16H,10H2,1-3H3,(H,20,22)/t14-,15?,16?,19?/m1/s1. The van der Waals surface area contributed by atoms with Gasteiger partial charge in [-0.3, -0.25) is 9.59 Å². The summed E-state index contributed by atoms with van der Waals surface area (Å²) in [6.07, 6.45) is 3.57. The number of carbonyl (C=O) groups is 2. The van der Waals surface area contributed by atoms with Crippen LogP contribution in [-0.2, 0) is 14.3 Å². The summed E-state index contributed by atoms with van der Waals surface area (Å²) in [7, 11) is 1.61. The quantitative estimate of drug-likeness (QED) is 0.842. The molecule has 3 heterocycles. The van der Waals surface area contributed by atoms with Crippen molar-refractivity contribution in [3.05, 3.63) is 36.4 Å². The van der Waals surface area contributed by atoms with Crippen molar-refractivity contribution in [3.8, 4) is 5.75 Å². The van der Waals surface area contributed by atoms with E-state index in [0.717, 1.165) is 11.4 Å². The average molecular weight is 342 g/mol. The third-order valence-electron chi connectivity index (χ3n) is 5.22. The maximum absolute atomic E-state index is 13.1. The lowest BCUT2D eigenvalue weighted by atomic mass is 9.76. The largest absolute Gasteiger partial charge is 0.497 e. The lowest BCUT2D eigenvalue weighted by Gasteiger charge is -2.24. The van der Waals surface area contributed by atoms with Gasteiger partial charge in [0.05, 0.1) is 31.6 Å². The maximum atomic E-state index is 13.1. The highest BCUT2D eigenvalue weighted by atomic mass is 16.5. The molecule has 1 spiro atoms. The van der Waals surface area contributed by atoms with Crippen molar-refractivity contribution >= 4 is 17.5 Å². The molecule has 1 N–H and O–H groups in total. The molecule has 0 aliphatic carbocycles. The Labute approximate surface area is 146 Å².